The zero-order chi connectivity index (χ0) is 17.7. The van der Waals surface area contributed by atoms with Crippen LogP contribution in [0.1, 0.15) is 6.42 Å². The van der Waals surface area contributed by atoms with E-state index in [2.05, 4.69) is 71.6 Å². The van der Waals surface area contributed by atoms with Crippen molar-refractivity contribution in [3.8, 4) is 0 Å². The molecule has 1 heterocycles. The molecule has 3 unspecified atom stereocenters. The van der Waals surface area contributed by atoms with Crippen molar-refractivity contribution in [3.63, 3.8) is 0 Å². The van der Waals surface area contributed by atoms with E-state index in [9.17, 15) is 0 Å². The number of hydrogen-bond donors (Lipinski definition) is 0. The number of hydrogen-bond acceptors (Lipinski definition) is 2. The maximum absolute atomic E-state index is 4.89. The Morgan fingerprint density at radius 2 is 1.60 bits per heavy atom. The standard InChI is InChI=1S/C16H28N4Si.CH3.2ClH.Ti/c1-19(2)15-9-16(14-8-6-5-7-13(14)15)21(3,4)20-11-17-10-18-12-20;;;;/h5-8,13-16H,9-12H2,1-4H3;1H3;2*1H;/q-2;-1;;;+6/p-2/t13?,14?,15-,16?;;;;/m0..../s1. The first-order chi connectivity index (χ1) is 11.4. The third-order valence-electron chi connectivity index (χ3n) is 5.75. The molecule has 0 amide bonds. The van der Waals surface area contributed by atoms with Crippen molar-refractivity contribution in [2.24, 2.45) is 11.8 Å². The van der Waals surface area contributed by atoms with Crippen LogP contribution in [0.15, 0.2) is 24.3 Å². The molecule has 140 valence electrons. The molecule has 4 nitrogen and oxygen atoms in total. The molecule has 0 spiro atoms. The van der Waals surface area contributed by atoms with Gasteiger partial charge in [-0.15, -0.1) is 13.3 Å². The van der Waals surface area contributed by atoms with Gasteiger partial charge in [-0.2, -0.15) is 0 Å². The summed E-state index contributed by atoms with van der Waals surface area (Å²) in [5.41, 5.74) is 0.791. The third kappa shape index (κ3) is 5.66. The molecule has 0 aromatic rings. The average molecular weight is 438 g/mol. The molecular formula is C17H31Cl2N4SiTi+. The van der Waals surface area contributed by atoms with Crippen molar-refractivity contribution in [2.75, 3.05) is 34.1 Å². The van der Waals surface area contributed by atoms with E-state index in [4.69, 9.17) is 18.6 Å². The van der Waals surface area contributed by atoms with E-state index in [0.29, 0.717) is 24.5 Å². The summed E-state index contributed by atoms with van der Waals surface area (Å²) in [6.45, 7) is 7.52. The minimum atomic E-state index is -1.53. The Labute approximate surface area is 172 Å². The molecule has 8 heteroatoms. The Bertz CT molecular complexity index is 456. The molecule has 2 aliphatic carbocycles. The molecule has 1 saturated heterocycles. The van der Waals surface area contributed by atoms with E-state index < -0.39 is 25.3 Å². The van der Waals surface area contributed by atoms with Gasteiger partial charge in [0.05, 0.1) is 0 Å². The van der Waals surface area contributed by atoms with E-state index in [0.717, 1.165) is 18.9 Å². The van der Waals surface area contributed by atoms with Crippen LogP contribution in [0, 0.1) is 19.3 Å². The Hall–Kier alpha value is 0.831. The summed E-state index contributed by atoms with van der Waals surface area (Å²) in [5, 5.41) is 9.01. The number of nitrogens with zero attached hydrogens (tertiary/aromatic N) is 4. The predicted octanol–water partition coefficient (Wildman–Crippen LogP) is 5.02. The molecule has 2 fully saturated rings. The van der Waals surface area contributed by atoms with Crippen LogP contribution in [-0.4, -0.2) is 57.8 Å². The van der Waals surface area contributed by atoms with E-state index in [-0.39, 0.29) is 7.43 Å². The minimum absolute atomic E-state index is 0. The maximum atomic E-state index is 4.89. The van der Waals surface area contributed by atoms with Gasteiger partial charge >= 0.3 is 35.6 Å². The Kier molecular flexibility index (Phi) is 10.5. The third-order valence-corrected chi connectivity index (χ3v) is 10.1. The van der Waals surface area contributed by atoms with Gasteiger partial charge in [0.25, 0.3) is 0 Å². The molecule has 4 atom stereocenters. The molecule has 25 heavy (non-hydrogen) atoms. The summed E-state index contributed by atoms with van der Waals surface area (Å²) >= 11 is -0.556. The fourth-order valence-electron chi connectivity index (χ4n) is 4.36. The summed E-state index contributed by atoms with van der Waals surface area (Å²) in [5.74, 6) is 1.38. The van der Waals surface area contributed by atoms with E-state index >= 15 is 0 Å². The van der Waals surface area contributed by atoms with Crippen molar-refractivity contribution in [1.29, 1.82) is 0 Å². The van der Waals surface area contributed by atoms with Gasteiger partial charge in [0.1, 0.15) is 8.24 Å². The van der Waals surface area contributed by atoms with Gasteiger partial charge in [0, 0.05) is 6.04 Å². The van der Waals surface area contributed by atoms with E-state index in [1.165, 1.54) is 6.42 Å². The molecular weight excluding hydrogens is 407 g/mol. The van der Waals surface area contributed by atoms with Crippen molar-refractivity contribution >= 4 is 26.8 Å². The van der Waals surface area contributed by atoms with Crippen molar-refractivity contribution in [3.05, 3.63) is 42.4 Å². The van der Waals surface area contributed by atoms with Crippen molar-refractivity contribution in [1.82, 2.24) is 9.47 Å². The van der Waals surface area contributed by atoms with E-state index in [1.807, 2.05) is 0 Å². The Balaban J connectivity index is 0.000000730. The van der Waals surface area contributed by atoms with Gasteiger partial charge in [0.2, 0.25) is 0 Å². The first kappa shape index (κ1) is 23.9. The molecule has 3 rings (SSSR count). The van der Waals surface area contributed by atoms with Crippen molar-refractivity contribution < 1.29 is 17.0 Å². The van der Waals surface area contributed by atoms with Crippen LogP contribution in [0.3, 0.4) is 0 Å². The molecule has 1 aliphatic heterocycles. The summed E-state index contributed by atoms with van der Waals surface area (Å²) in [7, 11) is 12.7. The fourth-order valence-corrected chi connectivity index (χ4v) is 7.85. The summed E-state index contributed by atoms with van der Waals surface area (Å²) in [6.07, 6.45) is 10.7. The second-order valence-electron chi connectivity index (χ2n) is 7.43. The van der Waals surface area contributed by atoms with Gasteiger partial charge < -0.3 is 27.5 Å². The SMILES string of the molecule is CN(C)[C@H]1CC([Si](C)(C)N2C[N-]C[N-]C2)C2C=CC=CC21.[CH3-].[Cl][Ti+4][Cl]. The van der Waals surface area contributed by atoms with Gasteiger partial charge in [-0.05, 0) is 37.9 Å². The van der Waals surface area contributed by atoms with Gasteiger partial charge in [-0.3, -0.25) is 6.67 Å². The quantitative estimate of drug-likeness (QED) is 0.459. The van der Waals surface area contributed by atoms with E-state index in [1.54, 1.807) is 0 Å². The van der Waals surface area contributed by atoms with Crippen molar-refractivity contribution in [2.45, 2.75) is 31.1 Å². The van der Waals surface area contributed by atoms with Crippen LogP contribution < -0.4 is 0 Å². The number of rotatable bonds is 3. The first-order valence-corrected chi connectivity index (χ1v) is 15.7. The molecule has 0 radical (unpaired) electrons. The zero-order valence-electron chi connectivity index (χ0n) is 16.0. The number of fused-ring (bicyclic) bond motifs is 1. The van der Waals surface area contributed by atoms with Crippen LogP contribution in [0.4, 0.5) is 0 Å². The average Bonchev–Trinajstić information content (AvgIpc) is 2.97. The van der Waals surface area contributed by atoms with Gasteiger partial charge in [-0.25, -0.2) is 0 Å². The summed E-state index contributed by atoms with van der Waals surface area (Å²) in [4.78, 5) is 2.43. The number of halogens is 2. The normalized spacial score (nSPS) is 32.1. The van der Waals surface area contributed by atoms with Crippen LogP contribution in [-0.2, 0) is 17.0 Å². The molecule has 0 aromatic heterocycles. The van der Waals surface area contributed by atoms with Crippen LogP contribution >= 0.6 is 18.6 Å². The Morgan fingerprint density at radius 3 is 2.12 bits per heavy atom. The molecule has 1 saturated carbocycles. The molecule has 0 aromatic carbocycles. The molecule has 0 N–H and O–H groups in total. The van der Waals surface area contributed by atoms with Crippen LogP contribution in [0.25, 0.3) is 10.6 Å². The first-order valence-electron chi connectivity index (χ1n) is 8.42. The van der Waals surface area contributed by atoms with Gasteiger partial charge in [-0.1, -0.05) is 37.4 Å². The van der Waals surface area contributed by atoms with Gasteiger partial charge in [0.15, 0.2) is 0 Å². The van der Waals surface area contributed by atoms with Crippen LogP contribution in [0.2, 0.25) is 18.6 Å². The Morgan fingerprint density at radius 1 is 1.08 bits per heavy atom. The zero-order valence-corrected chi connectivity index (χ0v) is 20.1. The molecule has 0 bridgehead atoms. The topological polar surface area (TPSA) is 34.7 Å². The fraction of sp³-hybridized carbons (Fsp3) is 0.706. The molecule has 3 aliphatic rings. The van der Waals surface area contributed by atoms with Crippen LogP contribution in [0.5, 0.6) is 0 Å². The second-order valence-corrected chi connectivity index (χ2v) is 14.7. The summed E-state index contributed by atoms with van der Waals surface area (Å²) in [6, 6.07) is 0.673. The number of allylic oxidation sites excluding steroid dienone is 3. The predicted molar refractivity (Wildman–Crippen MR) is 110 cm³/mol. The second kappa shape index (κ2) is 11.0. The summed E-state index contributed by atoms with van der Waals surface area (Å²) < 4.78 is 2.59. The monoisotopic (exact) mass is 437 g/mol.